The van der Waals surface area contributed by atoms with E-state index < -0.39 is 60.2 Å². The lowest BCUT2D eigenvalue weighted by Gasteiger charge is -2.38. The van der Waals surface area contributed by atoms with E-state index in [2.05, 4.69) is 28.2 Å². The number of nitrogens with one attached hydrogen (secondary N) is 1. The Bertz CT molecular complexity index is 2230. The van der Waals surface area contributed by atoms with Crippen LogP contribution in [0, 0.1) is 6.92 Å². The van der Waals surface area contributed by atoms with E-state index in [-0.39, 0.29) is 44.6 Å². The summed E-state index contributed by atoms with van der Waals surface area (Å²) < 4.78 is 17.3. The number of nitrogen functional groups attached to an aromatic ring is 1. The third-order valence-corrected chi connectivity index (χ3v) is 12.1. The summed E-state index contributed by atoms with van der Waals surface area (Å²) in [6, 6.07) is 13.5. The van der Waals surface area contributed by atoms with E-state index >= 15 is 0 Å². The Balaban J connectivity index is 1.65. The number of benzene rings is 3. The number of hydrogen-bond acceptors (Lipinski definition) is 12. The third-order valence-electron chi connectivity index (χ3n) is 11.2. The van der Waals surface area contributed by atoms with Crippen LogP contribution in [0.2, 0.25) is 5.02 Å². The highest BCUT2D eigenvalue weighted by atomic mass is 79.9. The molecule has 1 saturated carbocycles. The summed E-state index contributed by atoms with van der Waals surface area (Å²) in [6.07, 6.45) is 5.11. The summed E-state index contributed by atoms with van der Waals surface area (Å²) in [6.45, 7) is 5.81. The van der Waals surface area contributed by atoms with E-state index in [4.69, 9.17) is 31.5 Å². The number of rotatable bonds is 16. The zero-order valence-electron chi connectivity index (χ0n) is 33.2. The van der Waals surface area contributed by atoms with E-state index in [0.29, 0.717) is 27.2 Å². The van der Waals surface area contributed by atoms with Crippen molar-refractivity contribution in [2.24, 2.45) is 0 Å². The van der Waals surface area contributed by atoms with Gasteiger partial charge in [-0.1, -0.05) is 37.8 Å². The highest BCUT2D eigenvalue weighted by Crippen LogP contribution is 2.38. The molecule has 1 aliphatic rings. The number of ketones is 2. The van der Waals surface area contributed by atoms with E-state index in [1.54, 1.807) is 37.3 Å². The fourth-order valence-corrected chi connectivity index (χ4v) is 8.38. The smallest absolute Gasteiger partial charge is 0.350 e. The Morgan fingerprint density at radius 2 is 1.52 bits per heavy atom. The molecule has 0 radical (unpaired) electrons. The molecule has 15 heteroatoms. The van der Waals surface area contributed by atoms with Crippen LogP contribution in [-0.4, -0.2) is 81.3 Å². The van der Waals surface area contributed by atoms with E-state index in [1.165, 1.54) is 49.8 Å². The average Bonchev–Trinajstić information content (AvgIpc) is 3.49. The van der Waals surface area contributed by atoms with Gasteiger partial charge in [-0.25, -0.2) is 9.59 Å². The lowest BCUT2D eigenvalue weighted by molar-refractivity contribution is -0.203. The predicted octanol–water partition coefficient (Wildman–Crippen LogP) is 6.43. The molecule has 1 aliphatic carbocycles. The molecule has 310 valence electrons. The van der Waals surface area contributed by atoms with Gasteiger partial charge in [0.25, 0.3) is 17.1 Å². The minimum absolute atomic E-state index is 0.124. The lowest BCUT2D eigenvalue weighted by Crippen LogP contribution is -2.72. The molecule has 5 N–H and O–H groups in total. The fourth-order valence-electron chi connectivity index (χ4n) is 7.75. The number of methoxy groups -OCH3 is 1. The standard InChI is InChI=1S/C43H49BrClN3O10/c1-6-41(18-10-9-11-19-41)47-24-28-20-27(21-33(44)36(28)46)37(50)43(55,40(53)58-8-3)42(54,39(52)57-7-2)35(49)23-31-25(4)48(34-17-16-30(56-5)22-32(31)34)38(51)26-12-14-29(45)15-13-26/h12-17,20-22,47,54-55H,6-11,18-19,23-24,46H2,1-5H3. The molecule has 0 saturated heterocycles. The van der Waals surface area contributed by atoms with Gasteiger partial charge in [0, 0.05) is 50.2 Å². The van der Waals surface area contributed by atoms with Gasteiger partial charge in [-0.15, -0.1) is 0 Å². The maximum atomic E-state index is 14.8. The van der Waals surface area contributed by atoms with Crippen molar-refractivity contribution in [3.8, 4) is 5.75 Å². The number of nitrogens with two attached hydrogens (primary N) is 1. The molecule has 2 atom stereocenters. The fraction of sp³-hybridized carbons (Fsp3) is 0.419. The molecule has 1 aromatic heterocycles. The molecule has 58 heavy (non-hydrogen) atoms. The number of nitrogens with zero attached hydrogens (tertiary/aromatic N) is 1. The summed E-state index contributed by atoms with van der Waals surface area (Å²) in [5.41, 5.74) is -0.164. The van der Waals surface area contributed by atoms with E-state index in [0.717, 1.165) is 38.5 Å². The van der Waals surface area contributed by atoms with Crippen LogP contribution >= 0.6 is 27.5 Å². The van der Waals surface area contributed by atoms with Gasteiger partial charge in [0.2, 0.25) is 5.78 Å². The molecule has 1 heterocycles. The van der Waals surface area contributed by atoms with Crippen molar-refractivity contribution in [3.63, 3.8) is 0 Å². The average molecular weight is 883 g/mol. The number of carbonyl (C=O) groups is 5. The van der Waals surface area contributed by atoms with Crippen molar-refractivity contribution in [1.29, 1.82) is 0 Å². The van der Waals surface area contributed by atoms with Crippen LogP contribution in [0.5, 0.6) is 5.75 Å². The molecular formula is C43H49BrClN3O10. The largest absolute Gasteiger partial charge is 0.497 e. The molecule has 5 rings (SSSR count). The van der Waals surface area contributed by atoms with Crippen LogP contribution in [0.4, 0.5) is 5.69 Å². The van der Waals surface area contributed by atoms with Crippen LogP contribution in [0.25, 0.3) is 10.9 Å². The van der Waals surface area contributed by atoms with E-state index in [1.807, 2.05) is 0 Å². The number of anilines is 1. The van der Waals surface area contributed by atoms with Crippen molar-refractivity contribution in [1.82, 2.24) is 9.88 Å². The third kappa shape index (κ3) is 8.17. The van der Waals surface area contributed by atoms with Gasteiger partial charge in [0.1, 0.15) is 5.75 Å². The van der Waals surface area contributed by atoms with Gasteiger partial charge >= 0.3 is 11.9 Å². The number of esters is 2. The zero-order chi connectivity index (χ0) is 42.6. The van der Waals surface area contributed by atoms with Crippen LogP contribution in [0.1, 0.15) is 96.8 Å². The van der Waals surface area contributed by atoms with Gasteiger partial charge in [-0.2, -0.15) is 0 Å². The molecule has 3 aromatic carbocycles. The Hall–Kier alpha value is -4.60. The first-order valence-electron chi connectivity index (χ1n) is 19.2. The second kappa shape index (κ2) is 18.1. The van der Waals surface area contributed by atoms with Gasteiger partial charge in [-0.05, 0) is 122 Å². The molecule has 0 aliphatic heterocycles. The number of ether oxygens (including phenoxy) is 3. The molecule has 2 unspecified atom stereocenters. The minimum Gasteiger partial charge on any atom is -0.497 e. The first-order valence-corrected chi connectivity index (χ1v) is 20.4. The predicted molar refractivity (Wildman–Crippen MR) is 222 cm³/mol. The summed E-state index contributed by atoms with van der Waals surface area (Å²) >= 11 is 9.45. The van der Waals surface area contributed by atoms with Gasteiger partial charge < -0.3 is 35.5 Å². The summed E-state index contributed by atoms with van der Waals surface area (Å²) in [7, 11) is 1.42. The summed E-state index contributed by atoms with van der Waals surface area (Å²) in [4.78, 5) is 71.4. The Morgan fingerprint density at radius 3 is 2.10 bits per heavy atom. The number of aromatic nitrogens is 1. The van der Waals surface area contributed by atoms with Gasteiger partial charge in [0.15, 0.2) is 5.78 Å². The maximum Gasteiger partial charge on any atom is 0.350 e. The molecule has 4 aromatic rings. The number of halogens is 2. The second-order valence-corrected chi connectivity index (χ2v) is 15.8. The van der Waals surface area contributed by atoms with Crippen molar-refractivity contribution in [3.05, 3.63) is 92.0 Å². The number of fused-ring (bicyclic) bond motifs is 1. The number of aliphatic hydroxyl groups is 2. The SMILES string of the molecule is CCOC(=O)C(O)(C(=O)Cc1c(C)n(C(=O)c2ccc(Cl)cc2)c2ccc(OC)cc12)C(O)(C(=O)OCC)C(=O)c1cc(Br)c(N)c(CNC2(CC)CCCCC2)c1. The van der Waals surface area contributed by atoms with Crippen LogP contribution < -0.4 is 15.8 Å². The molecule has 0 spiro atoms. The van der Waals surface area contributed by atoms with Crippen molar-refractivity contribution < 1.29 is 48.4 Å². The van der Waals surface area contributed by atoms with Crippen LogP contribution in [0.15, 0.2) is 59.1 Å². The Labute approximate surface area is 350 Å². The molecule has 0 amide bonds. The van der Waals surface area contributed by atoms with Gasteiger partial charge in [0.05, 0.1) is 31.5 Å². The van der Waals surface area contributed by atoms with Crippen molar-refractivity contribution >= 4 is 73.5 Å². The quantitative estimate of drug-likeness (QED) is 0.0417. The highest BCUT2D eigenvalue weighted by Gasteiger charge is 2.70. The second-order valence-electron chi connectivity index (χ2n) is 14.5. The summed E-state index contributed by atoms with van der Waals surface area (Å²) in [5.74, 6) is -6.67. The molecule has 13 nitrogen and oxygen atoms in total. The lowest BCUT2D eigenvalue weighted by atomic mass is 9.73. The first kappa shape index (κ1) is 44.5. The Morgan fingerprint density at radius 1 is 0.897 bits per heavy atom. The van der Waals surface area contributed by atoms with Crippen LogP contribution in [0.3, 0.4) is 0 Å². The van der Waals surface area contributed by atoms with Crippen molar-refractivity contribution in [2.45, 2.75) is 95.9 Å². The number of Topliss-reactive ketones (excluding diaryl/α,β-unsaturated/α-hetero) is 2. The maximum absolute atomic E-state index is 14.8. The monoisotopic (exact) mass is 881 g/mol. The molecular weight excluding hydrogens is 834 g/mol. The zero-order valence-corrected chi connectivity index (χ0v) is 35.6. The van der Waals surface area contributed by atoms with Crippen LogP contribution in [-0.2, 0) is 36.8 Å². The minimum atomic E-state index is -3.87. The van der Waals surface area contributed by atoms with Crippen molar-refractivity contribution in [2.75, 3.05) is 26.1 Å². The van der Waals surface area contributed by atoms with E-state index in [9.17, 15) is 34.2 Å². The molecule has 0 bridgehead atoms. The number of hydrogen-bond donors (Lipinski definition) is 4. The molecule has 1 fully saturated rings. The summed E-state index contributed by atoms with van der Waals surface area (Å²) in [5, 5.41) is 29.2. The highest BCUT2D eigenvalue weighted by molar-refractivity contribution is 9.10. The topological polar surface area (TPSA) is 196 Å². The normalized spacial score (nSPS) is 15.9. The first-order chi connectivity index (χ1) is 27.5. The number of carbonyl (C=O) groups excluding carboxylic acids is 5. The van der Waals surface area contributed by atoms with Gasteiger partial charge in [-0.3, -0.25) is 19.0 Å². The Kier molecular flexibility index (Phi) is 13.9.